The molecule has 2 amide bonds. The molecule has 2 fully saturated rings. The van der Waals surface area contributed by atoms with Crippen LogP contribution in [0.15, 0.2) is 24.5 Å². The molecular formula is C18H27ClN4O2. The van der Waals surface area contributed by atoms with Crippen LogP contribution in [-0.4, -0.2) is 58.3 Å². The van der Waals surface area contributed by atoms with E-state index in [1.807, 2.05) is 48.9 Å². The van der Waals surface area contributed by atoms with Crippen LogP contribution in [0.5, 0.6) is 0 Å². The molecule has 2 aliphatic heterocycles. The minimum Gasteiger partial charge on any atom is -0.337 e. The minimum absolute atomic E-state index is 0. The summed E-state index contributed by atoms with van der Waals surface area (Å²) in [5.41, 5.74) is 0.799. The fourth-order valence-corrected chi connectivity index (χ4v) is 3.59. The molecule has 3 heterocycles. The topological polar surface area (TPSA) is 65.5 Å². The average molecular weight is 367 g/mol. The van der Waals surface area contributed by atoms with E-state index >= 15 is 0 Å². The number of hydrogen-bond acceptors (Lipinski definition) is 4. The first-order chi connectivity index (χ1) is 11.4. The molecule has 1 aromatic heterocycles. The Hall–Kier alpha value is -1.66. The number of carbonyl (C=O) groups is 2. The van der Waals surface area contributed by atoms with Crippen LogP contribution in [0.2, 0.25) is 0 Å². The number of aromatic nitrogens is 1. The van der Waals surface area contributed by atoms with Crippen molar-refractivity contribution < 1.29 is 9.59 Å². The van der Waals surface area contributed by atoms with Gasteiger partial charge in [-0.1, -0.05) is 6.07 Å². The fourth-order valence-electron chi connectivity index (χ4n) is 3.59. The number of halogens is 1. The van der Waals surface area contributed by atoms with Crippen LogP contribution in [0.25, 0.3) is 0 Å². The van der Waals surface area contributed by atoms with Gasteiger partial charge in [0.1, 0.15) is 0 Å². The Morgan fingerprint density at radius 3 is 2.72 bits per heavy atom. The van der Waals surface area contributed by atoms with E-state index in [9.17, 15) is 9.59 Å². The summed E-state index contributed by atoms with van der Waals surface area (Å²) in [5, 5.41) is 3.35. The number of carbonyl (C=O) groups excluding carboxylic acids is 2. The van der Waals surface area contributed by atoms with Crippen molar-refractivity contribution >= 4 is 24.2 Å². The number of hydrogen-bond donors (Lipinski definition) is 1. The van der Waals surface area contributed by atoms with Crippen LogP contribution in [0, 0.1) is 5.92 Å². The largest absolute Gasteiger partial charge is 0.337 e. The maximum atomic E-state index is 13.1. The van der Waals surface area contributed by atoms with Gasteiger partial charge in [0.2, 0.25) is 11.8 Å². The third-order valence-corrected chi connectivity index (χ3v) is 4.88. The molecule has 0 aromatic carbocycles. The summed E-state index contributed by atoms with van der Waals surface area (Å²) in [7, 11) is 0. The Labute approximate surface area is 155 Å². The first kappa shape index (κ1) is 19.7. The van der Waals surface area contributed by atoms with E-state index in [1.54, 1.807) is 6.20 Å². The maximum absolute atomic E-state index is 13.1. The highest BCUT2D eigenvalue weighted by molar-refractivity contribution is 5.90. The Balaban J connectivity index is 0.00000225. The normalized spacial score (nSPS) is 24.2. The van der Waals surface area contributed by atoms with Gasteiger partial charge in [-0.2, -0.15) is 0 Å². The minimum atomic E-state index is -0.242. The summed E-state index contributed by atoms with van der Waals surface area (Å²) in [6.07, 6.45) is 3.88. The molecule has 0 aliphatic carbocycles. The van der Waals surface area contributed by atoms with E-state index in [2.05, 4.69) is 10.3 Å². The van der Waals surface area contributed by atoms with Crippen molar-refractivity contribution in [2.45, 2.75) is 38.8 Å². The lowest BCUT2D eigenvalue weighted by Gasteiger charge is -2.38. The van der Waals surface area contributed by atoms with E-state index < -0.39 is 0 Å². The van der Waals surface area contributed by atoms with E-state index in [0.717, 1.165) is 18.7 Å². The summed E-state index contributed by atoms with van der Waals surface area (Å²) in [4.78, 5) is 33.3. The van der Waals surface area contributed by atoms with Gasteiger partial charge in [0, 0.05) is 50.5 Å². The van der Waals surface area contributed by atoms with Gasteiger partial charge in [0.25, 0.3) is 0 Å². The van der Waals surface area contributed by atoms with E-state index in [4.69, 9.17) is 0 Å². The van der Waals surface area contributed by atoms with Crippen LogP contribution < -0.4 is 5.32 Å². The van der Waals surface area contributed by atoms with Gasteiger partial charge in [-0.05, 0) is 32.4 Å². The number of nitrogens with one attached hydrogen (secondary N) is 1. The lowest BCUT2D eigenvalue weighted by Crippen LogP contribution is -2.51. The molecule has 6 nitrogen and oxygen atoms in total. The van der Waals surface area contributed by atoms with E-state index in [0.29, 0.717) is 19.5 Å². The third kappa shape index (κ3) is 4.12. The van der Waals surface area contributed by atoms with Crippen molar-refractivity contribution in [1.29, 1.82) is 0 Å². The quantitative estimate of drug-likeness (QED) is 0.863. The third-order valence-electron chi connectivity index (χ3n) is 4.88. The number of rotatable bonds is 2. The molecule has 25 heavy (non-hydrogen) atoms. The smallest absolute Gasteiger partial charge is 0.228 e. The molecule has 2 atom stereocenters. The van der Waals surface area contributed by atoms with Crippen molar-refractivity contribution in [2.75, 3.05) is 26.2 Å². The van der Waals surface area contributed by atoms with Crippen molar-refractivity contribution in [3.8, 4) is 0 Å². The SMILES string of the molecule is CC(C)(C)N1CC(C(=O)N2CCNCC2c2cccnc2)CC1=O.Cl. The Bertz CT molecular complexity index is 617. The van der Waals surface area contributed by atoms with Crippen molar-refractivity contribution in [3.63, 3.8) is 0 Å². The monoisotopic (exact) mass is 366 g/mol. The number of amides is 2. The molecule has 0 bridgehead atoms. The molecule has 2 unspecified atom stereocenters. The predicted octanol–water partition coefficient (Wildman–Crippen LogP) is 1.62. The van der Waals surface area contributed by atoms with Gasteiger partial charge in [-0.25, -0.2) is 0 Å². The molecular weight excluding hydrogens is 340 g/mol. The van der Waals surface area contributed by atoms with Gasteiger partial charge in [0.15, 0.2) is 0 Å². The summed E-state index contributed by atoms with van der Waals surface area (Å²) in [6.45, 7) is 8.74. The van der Waals surface area contributed by atoms with E-state index in [1.165, 1.54) is 0 Å². The molecule has 1 N–H and O–H groups in total. The van der Waals surface area contributed by atoms with Gasteiger partial charge in [-0.15, -0.1) is 12.4 Å². The van der Waals surface area contributed by atoms with Gasteiger partial charge in [0.05, 0.1) is 12.0 Å². The highest BCUT2D eigenvalue weighted by Crippen LogP contribution is 2.30. The maximum Gasteiger partial charge on any atom is 0.228 e. The molecule has 7 heteroatoms. The molecule has 138 valence electrons. The highest BCUT2D eigenvalue weighted by atomic mass is 35.5. The van der Waals surface area contributed by atoms with Crippen LogP contribution >= 0.6 is 12.4 Å². The van der Waals surface area contributed by atoms with E-state index in [-0.39, 0.29) is 41.7 Å². The highest BCUT2D eigenvalue weighted by Gasteiger charge is 2.42. The first-order valence-corrected chi connectivity index (χ1v) is 8.59. The Morgan fingerprint density at radius 1 is 1.36 bits per heavy atom. The zero-order valence-electron chi connectivity index (χ0n) is 15.1. The van der Waals surface area contributed by atoms with Gasteiger partial charge in [-0.3, -0.25) is 14.6 Å². The molecule has 0 spiro atoms. The van der Waals surface area contributed by atoms with Crippen LogP contribution in [0.3, 0.4) is 0 Å². The van der Waals surface area contributed by atoms with Gasteiger partial charge < -0.3 is 15.1 Å². The summed E-state index contributed by atoms with van der Waals surface area (Å²) < 4.78 is 0. The van der Waals surface area contributed by atoms with Crippen molar-refractivity contribution in [3.05, 3.63) is 30.1 Å². The van der Waals surface area contributed by atoms with Crippen LogP contribution in [0.1, 0.15) is 38.8 Å². The molecule has 1 aromatic rings. The molecule has 2 saturated heterocycles. The summed E-state index contributed by atoms with van der Waals surface area (Å²) >= 11 is 0. The van der Waals surface area contributed by atoms with Crippen molar-refractivity contribution in [2.24, 2.45) is 5.92 Å². The summed E-state index contributed by atoms with van der Waals surface area (Å²) in [6, 6.07) is 3.89. The molecule has 0 radical (unpaired) electrons. The summed E-state index contributed by atoms with van der Waals surface area (Å²) in [5.74, 6) is -0.0756. The fraction of sp³-hybridized carbons (Fsp3) is 0.611. The number of likely N-dealkylation sites (tertiary alicyclic amines) is 1. The second kappa shape index (κ2) is 7.70. The number of piperazine rings is 1. The first-order valence-electron chi connectivity index (χ1n) is 8.59. The second-order valence-electron chi connectivity index (χ2n) is 7.61. The molecule has 2 aliphatic rings. The number of pyridine rings is 1. The zero-order chi connectivity index (χ0) is 17.3. The lowest BCUT2D eigenvalue weighted by atomic mass is 10.0. The second-order valence-corrected chi connectivity index (χ2v) is 7.61. The zero-order valence-corrected chi connectivity index (χ0v) is 15.9. The lowest BCUT2D eigenvalue weighted by molar-refractivity contribution is -0.139. The Morgan fingerprint density at radius 2 is 2.12 bits per heavy atom. The predicted molar refractivity (Wildman–Crippen MR) is 98.4 cm³/mol. The number of nitrogens with zero attached hydrogens (tertiary/aromatic N) is 3. The standard InChI is InChI=1S/C18H26N4O2.ClH/c1-18(2,3)22-12-14(9-16(22)23)17(24)21-8-7-20-11-15(21)13-5-4-6-19-10-13;/h4-6,10,14-15,20H,7-9,11-12H2,1-3H3;1H. The van der Waals surface area contributed by atoms with Crippen molar-refractivity contribution in [1.82, 2.24) is 20.1 Å². The van der Waals surface area contributed by atoms with Crippen LogP contribution in [-0.2, 0) is 9.59 Å². The average Bonchev–Trinajstić information content (AvgIpc) is 2.97. The molecule has 3 rings (SSSR count). The Kier molecular flexibility index (Phi) is 6.06. The van der Waals surface area contributed by atoms with Gasteiger partial charge >= 0.3 is 0 Å². The van der Waals surface area contributed by atoms with Crippen LogP contribution in [0.4, 0.5) is 0 Å². The molecule has 0 saturated carbocycles.